The Morgan fingerprint density at radius 3 is 2.40 bits per heavy atom. The minimum atomic E-state index is 0.403. The number of nitrogens with zero attached hydrogens (tertiary/aromatic N) is 2. The summed E-state index contributed by atoms with van der Waals surface area (Å²) < 4.78 is 0. The fraction of sp³-hybridized carbons (Fsp3) is 0. The predicted octanol–water partition coefficient (Wildman–Crippen LogP) is 4.40. The van der Waals surface area contributed by atoms with Crippen LogP contribution in [0.4, 0.5) is 0 Å². The Morgan fingerprint density at radius 2 is 1.80 bits per heavy atom. The van der Waals surface area contributed by atoms with Gasteiger partial charge in [-0.15, -0.1) is 0 Å². The third-order valence-electron chi connectivity index (χ3n) is 2.83. The van der Waals surface area contributed by atoms with E-state index in [1.807, 2.05) is 48.5 Å². The van der Waals surface area contributed by atoms with Crippen molar-refractivity contribution in [3.05, 3.63) is 85.1 Å². The number of allylic oxidation sites excluding steroid dienone is 4. The fourth-order valence-corrected chi connectivity index (χ4v) is 1.70. The highest BCUT2D eigenvalue weighted by Crippen LogP contribution is 2.19. The number of pyridine rings is 1. The molecular weight excluding hydrogens is 244 g/mol. The Hall–Kier alpha value is -2.92. The Balaban J connectivity index is 2.17. The molecule has 96 valence electrons. The third kappa shape index (κ3) is 3.30. The Kier molecular flexibility index (Phi) is 4.26. The van der Waals surface area contributed by atoms with Crippen LogP contribution < -0.4 is 0 Å². The van der Waals surface area contributed by atoms with Crippen LogP contribution in [0.15, 0.2) is 79.5 Å². The van der Waals surface area contributed by atoms with E-state index in [0.29, 0.717) is 5.57 Å². The van der Waals surface area contributed by atoms with Gasteiger partial charge in [0, 0.05) is 17.3 Å². The van der Waals surface area contributed by atoms with Crippen LogP contribution in [-0.4, -0.2) is 4.98 Å². The highest BCUT2D eigenvalue weighted by atomic mass is 14.7. The zero-order valence-electron chi connectivity index (χ0n) is 11.1. The number of benzene rings is 1. The van der Waals surface area contributed by atoms with Crippen molar-refractivity contribution in [3.8, 4) is 17.3 Å². The lowest BCUT2D eigenvalue weighted by Crippen LogP contribution is -1.86. The second-order valence-electron chi connectivity index (χ2n) is 4.29. The van der Waals surface area contributed by atoms with Crippen LogP contribution in [0.5, 0.6) is 0 Å². The van der Waals surface area contributed by atoms with Gasteiger partial charge in [0.2, 0.25) is 0 Å². The average molecular weight is 258 g/mol. The molecule has 0 saturated carbocycles. The SMILES string of the molecule is C=C(C#N)/C=C\C(=C)c1ccc(-c2ccccc2)nc1. The summed E-state index contributed by atoms with van der Waals surface area (Å²) in [7, 11) is 0. The monoisotopic (exact) mass is 258 g/mol. The Labute approximate surface area is 119 Å². The van der Waals surface area contributed by atoms with E-state index in [-0.39, 0.29) is 0 Å². The molecule has 0 saturated heterocycles. The summed E-state index contributed by atoms with van der Waals surface area (Å²) in [6.45, 7) is 7.54. The minimum absolute atomic E-state index is 0.403. The summed E-state index contributed by atoms with van der Waals surface area (Å²) >= 11 is 0. The maximum absolute atomic E-state index is 8.64. The number of hydrogen-bond acceptors (Lipinski definition) is 2. The van der Waals surface area contributed by atoms with Crippen molar-refractivity contribution in [1.82, 2.24) is 4.98 Å². The second-order valence-corrected chi connectivity index (χ2v) is 4.29. The molecule has 0 unspecified atom stereocenters. The summed E-state index contributed by atoms with van der Waals surface area (Å²) in [5.74, 6) is 0. The molecule has 2 nitrogen and oxygen atoms in total. The molecule has 0 atom stereocenters. The van der Waals surface area contributed by atoms with Crippen molar-refractivity contribution in [2.24, 2.45) is 0 Å². The summed E-state index contributed by atoms with van der Waals surface area (Å²) in [5.41, 5.74) is 4.13. The van der Waals surface area contributed by atoms with Gasteiger partial charge < -0.3 is 0 Å². The van der Waals surface area contributed by atoms with Gasteiger partial charge >= 0.3 is 0 Å². The second kappa shape index (κ2) is 6.31. The molecule has 0 aliphatic heterocycles. The van der Waals surface area contributed by atoms with Crippen LogP contribution >= 0.6 is 0 Å². The van der Waals surface area contributed by atoms with Crippen LogP contribution in [-0.2, 0) is 0 Å². The molecule has 0 fully saturated rings. The molecule has 0 aliphatic carbocycles. The molecule has 0 amide bonds. The molecule has 2 rings (SSSR count). The van der Waals surface area contributed by atoms with Crippen molar-refractivity contribution in [1.29, 1.82) is 5.26 Å². The van der Waals surface area contributed by atoms with Gasteiger partial charge in [-0.3, -0.25) is 4.98 Å². The van der Waals surface area contributed by atoms with Crippen LogP contribution in [0.2, 0.25) is 0 Å². The van der Waals surface area contributed by atoms with Crippen LogP contribution in [0, 0.1) is 11.3 Å². The van der Waals surface area contributed by atoms with Crippen molar-refractivity contribution >= 4 is 5.57 Å². The van der Waals surface area contributed by atoms with E-state index >= 15 is 0 Å². The van der Waals surface area contributed by atoms with E-state index < -0.39 is 0 Å². The highest BCUT2D eigenvalue weighted by molar-refractivity contribution is 5.73. The lowest BCUT2D eigenvalue weighted by molar-refractivity contribution is 1.31. The summed E-state index contributed by atoms with van der Waals surface area (Å²) in [5, 5.41) is 8.64. The molecule has 0 spiro atoms. The van der Waals surface area contributed by atoms with Gasteiger partial charge in [0.05, 0.1) is 11.8 Å². The number of nitriles is 1. The van der Waals surface area contributed by atoms with Crippen LogP contribution in [0.25, 0.3) is 16.8 Å². The lowest BCUT2D eigenvalue weighted by atomic mass is 10.1. The van der Waals surface area contributed by atoms with E-state index in [1.165, 1.54) is 0 Å². The first-order chi connectivity index (χ1) is 9.70. The molecule has 1 aromatic heterocycles. The molecule has 2 aromatic rings. The zero-order valence-corrected chi connectivity index (χ0v) is 11.1. The fourth-order valence-electron chi connectivity index (χ4n) is 1.70. The molecule has 1 aromatic carbocycles. The third-order valence-corrected chi connectivity index (χ3v) is 2.83. The molecule has 1 heterocycles. The van der Waals surface area contributed by atoms with Crippen molar-refractivity contribution in [2.45, 2.75) is 0 Å². The molecule has 20 heavy (non-hydrogen) atoms. The predicted molar refractivity (Wildman–Crippen MR) is 82.6 cm³/mol. The van der Waals surface area contributed by atoms with E-state index in [9.17, 15) is 0 Å². The zero-order chi connectivity index (χ0) is 14.4. The summed E-state index contributed by atoms with van der Waals surface area (Å²) in [4.78, 5) is 4.44. The smallest absolute Gasteiger partial charge is 0.0985 e. The largest absolute Gasteiger partial charge is 0.256 e. The van der Waals surface area contributed by atoms with Crippen LogP contribution in [0.1, 0.15) is 5.56 Å². The van der Waals surface area contributed by atoms with Crippen LogP contribution in [0.3, 0.4) is 0 Å². The first kappa shape index (κ1) is 13.5. The molecule has 0 aliphatic rings. The van der Waals surface area contributed by atoms with E-state index in [0.717, 1.165) is 22.4 Å². The lowest BCUT2D eigenvalue weighted by Gasteiger charge is -2.03. The number of hydrogen-bond donors (Lipinski definition) is 0. The van der Waals surface area contributed by atoms with Crippen molar-refractivity contribution in [3.63, 3.8) is 0 Å². The first-order valence-corrected chi connectivity index (χ1v) is 6.18. The van der Waals surface area contributed by atoms with E-state index in [2.05, 4.69) is 18.1 Å². The Morgan fingerprint density at radius 1 is 1.05 bits per heavy atom. The van der Waals surface area contributed by atoms with Crippen molar-refractivity contribution < 1.29 is 0 Å². The average Bonchev–Trinajstić information content (AvgIpc) is 2.53. The van der Waals surface area contributed by atoms with Gasteiger partial charge in [0.15, 0.2) is 0 Å². The molecular formula is C18H14N2. The standard InChI is InChI=1S/C18H14N2/c1-14(12-19)8-9-15(2)17-10-11-18(20-13-17)16-6-4-3-5-7-16/h3-11,13H,1-2H2/b9-8-. The molecule has 0 N–H and O–H groups in total. The normalized spacial score (nSPS) is 10.2. The molecule has 0 radical (unpaired) electrons. The first-order valence-electron chi connectivity index (χ1n) is 6.18. The maximum Gasteiger partial charge on any atom is 0.0985 e. The summed E-state index contributed by atoms with van der Waals surface area (Å²) in [6.07, 6.45) is 5.20. The molecule has 0 bridgehead atoms. The quantitative estimate of drug-likeness (QED) is 0.602. The van der Waals surface area contributed by atoms with Crippen molar-refractivity contribution in [2.75, 3.05) is 0 Å². The maximum atomic E-state index is 8.64. The van der Waals surface area contributed by atoms with Gasteiger partial charge in [0.25, 0.3) is 0 Å². The number of aromatic nitrogens is 1. The minimum Gasteiger partial charge on any atom is -0.256 e. The van der Waals surface area contributed by atoms with Gasteiger partial charge in [-0.25, -0.2) is 0 Å². The highest BCUT2D eigenvalue weighted by Gasteiger charge is 2.00. The van der Waals surface area contributed by atoms with Gasteiger partial charge in [0.1, 0.15) is 0 Å². The van der Waals surface area contributed by atoms with E-state index in [1.54, 1.807) is 18.3 Å². The van der Waals surface area contributed by atoms with E-state index in [4.69, 9.17) is 5.26 Å². The summed E-state index contributed by atoms with van der Waals surface area (Å²) in [6, 6.07) is 15.9. The topological polar surface area (TPSA) is 36.7 Å². The van der Waals surface area contributed by atoms with Gasteiger partial charge in [-0.1, -0.05) is 55.6 Å². The number of rotatable bonds is 4. The Bertz CT molecular complexity index is 686. The molecule has 2 heteroatoms. The van der Waals surface area contributed by atoms with Gasteiger partial charge in [-0.2, -0.15) is 5.26 Å². The van der Waals surface area contributed by atoms with Gasteiger partial charge in [-0.05, 0) is 23.3 Å².